The van der Waals surface area contributed by atoms with Gasteiger partial charge in [0.2, 0.25) is 0 Å². The van der Waals surface area contributed by atoms with E-state index in [0.717, 1.165) is 0 Å². The zero-order valence-corrected chi connectivity index (χ0v) is 13.8. The van der Waals surface area contributed by atoms with Crippen LogP contribution in [-0.2, 0) is 9.53 Å². The molecule has 0 aliphatic heterocycles. The van der Waals surface area contributed by atoms with Crippen LogP contribution in [0.25, 0.3) is 0 Å². The van der Waals surface area contributed by atoms with Crippen LogP contribution >= 0.6 is 23.2 Å². The Labute approximate surface area is 141 Å². The lowest BCUT2D eigenvalue weighted by Gasteiger charge is -2.10. The van der Waals surface area contributed by atoms with E-state index < -0.39 is 18.0 Å². The Kier molecular flexibility index (Phi) is 5.57. The SMILES string of the molecule is Cc1noc(C(C)OC(=O)CNC(=O)c2ccc(Cl)cc2Cl)n1. The summed E-state index contributed by atoms with van der Waals surface area (Å²) in [7, 11) is 0. The Morgan fingerprint density at radius 3 is 2.74 bits per heavy atom. The van der Waals surface area contributed by atoms with Gasteiger partial charge in [-0.1, -0.05) is 28.4 Å². The van der Waals surface area contributed by atoms with Crippen molar-refractivity contribution in [1.29, 1.82) is 0 Å². The molecule has 0 aliphatic rings. The molecular weight excluding hydrogens is 345 g/mol. The lowest BCUT2D eigenvalue weighted by Crippen LogP contribution is -2.31. The van der Waals surface area contributed by atoms with Crippen LogP contribution in [0.1, 0.15) is 35.1 Å². The molecule has 2 aromatic rings. The first kappa shape index (κ1) is 17.2. The van der Waals surface area contributed by atoms with Gasteiger partial charge < -0.3 is 14.6 Å². The Morgan fingerprint density at radius 1 is 1.39 bits per heavy atom. The number of benzene rings is 1. The van der Waals surface area contributed by atoms with E-state index in [0.29, 0.717) is 10.8 Å². The van der Waals surface area contributed by atoms with E-state index in [9.17, 15) is 9.59 Å². The fraction of sp³-hybridized carbons (Fsp3) is 0.286. The Morgan fingerprint density at radius 2 is 2.13 bits per heavy atom. The summed E-state index contributed by atoms with van der Waals surface area (Å²) in [5, 5.41) is 6.62. The molecule has 23 heavy (non-hydrogen) atoms. The fourth-order valence-corrected chi connectivity index (χ4v) is 2.18. The molecule has 0 saturated carbocycles. The van der Waals surface area contributed by atoms with Gasteiger partial charge >= 0.3 is 5.97 Å². The summed E-state index contributed by atoms with van der Waals surface area (Å²) < 4.78 is 9.97. The maximum Gasteiger partial charge on any atom is 0.326 e. The minimum Gasteiger partial charge on any atom is -0.451 e. The van der Waals surface area contributed by atoms with Gasteiger partial charge in [-0.05, 0) is 32.0 Å². The maximum absolute atomic E-state index is 12.0. The minimum atomic E-state index is -0.709. The van der Waals surface area contributed by atoms with Crippen LogP contribution in [0, 0.1) is 6.92 Å². The molecule has 0 bridgehead atoms. The van der Waals surface area contributed by atoms with E-state index in [1.165, 1.54) is 18.2 Å². The number of aryl methyl sites for hydroxylation is 1. The van der Waals surface area contributed by atoms with E-state index in [4.69, 9.17) is 32.5 Å². The summed E-state index contributed by atoms with van der Waals surface area (Å²) in [4.78, 5) is 27.6. The Hall–Kier alpha value is -2.12. The number of carbonyl (C=O) groups is 2. The number of hydrogen-bond acceptors (Lipinski definition) is 6. The first-order chi connectivity index (χ1) is 10.9. The Balaban J connectivity index is 1.87. The van der Waals surface area contributed by atoms with E-state index in [-0.39, 0.29) is 23.0 Å². The van der Waals surface area contributed by atoms with E-state index in [1.807, 2.05) is 0 Å². The van der Waals surface area contributed by atoms with Crippen LogP contribution in [0.4, 0.5) is 0 Å². The van der Waals surface area contributed by atoms with Crippen LogP contribution in [-0.4, -0.2) is 28.6 Å². The molecule has 0 fully saturated rings. The number of aromatic nitrogens is 2. The molecule has 1 amide bonds. The first-order valence-electron chi connectivity index (χ1n) is 6.59. The van der Waals surface area contributed by atoms with Gasteiger partial charge in [0.1, 0.15) is 6.54 Å². The second-order valence-electron chi connectivity index (χ2n) is 4.62. The van der Waals surface area contributed by atoms with Crippen molar-refractivity contribution in [3.8, 4) is 0 Å². The average molecular weight is 358 g/mol. The van der Waals surface area contributed by atoms with E-state index in [1.54, 1.807) is 13.8 Å². The molecule has 1 atom stereocenters. The van der Waals surface area contributed by atoms with Gasteiger partial charge in [-0.2, -0.15) is 4.98 Å². The smallest absolute Gasteiger partial charge is 0.326 e. The largest absolute Gasteiger partial charge is 0.451 e. The summed E-state index contributed by atoms with van der Waals surface area (Å²) in [6.45, 7) is 2.91. The summed E-state index contributed by atoms with van der Waals surface area (Å²) in [6.07, 6.45) is -0.709. The van der Waals surface area contributed by atoms with Gasteiger partial charge in [0.05, 0.1) is 10.6 Å². The predicted octanol–water partition coefficient (Wildman–Crippen LogP) is 2.72. The molecule has 1 aromatic carbocycles. The van der Waals surface area contributed by atoms with Crippen molar-refractivity contribution in [1.82, 2.24) is 15.5 Å². The molecule has 122 valence electrons. The molecule has 1 aromatic heterocycles. The standard InChI is InChI=1S/C14H13Cl2N3O4/c1-7(14-18-8(2)19-23-14)22-12(20)6-17-13(21)10-4-3-9(15)5-11(10)16/h3-5,7H,6H2,1-2H3,(H,17,21). The van der Waals surface area contributed by atoms with Crippen molar-refractivity contribution in [3.05, 3.63) is 45.5 Å². The third-order valence-electron chi connectivity index (χ3n) is 2.77. The molecule has 9 heteroatoms. The van der Waals surface area contributed by atoms with Crippen molar-refractivity contribution < 1.29 is 18.8 Å². The molecular formula is C14H13Cl2N3O4. The third-order valence-corrected chi connectivity index (χ3v) is 3.32. The number of ether oxygens (including phenoxy) is 1. The van der Waals surface area contributed by atoms with Gasteiger partial charge in [0.25, 0.3) is 11.8 Å². The molecule has 7 nitrogen and oxygen atoms in total. The zero-order chi connectivity index (χ0) is 17.0. The minimum absolute atomic E-state index is 0.183. The summed E-state index contributed by atoms with van der Waals surface area (Å²) in [6, 6.07) is 4.44. The summed E-state index contributed by atoms with van der Waals surface area (Å²) >= 11 is 11.7. The summed E-state index contributed by atoms with van der Waals surface area (Å²) in [5.74, 6) is -0.534. The third kappa shape index (κ3) is 4.67. The van der Waals surface area contributed by atoms with Gasteiger partial charge in [-0.3, -0.25) is 9.59 Å². The highest BCUT2D eigenvalue weighted by atomic mass is 35.5. The molecule has 1 unspecified atom stereocenters. The summed E-state index contributed by atoms with van der Waals surface area (Å²) in [5.41, 5.74) is 0.212. The highest BCUT2D eigenvalue weighted by molar-refractivity contribution is 6.36. The normalized spacial score (nSPS) is 11.8. The van der Waals surface area contributed by atoms with Crippen LogP contribution in [0.5, 0.6) is 0 Å². The molecule has 1 heterocycles. The monoisotopic (exact) mass is 357 g/mol. The average Bonchev–Trinajstić information content (AvgIpc) is 2.91. The molecule has 0 spiro atoms. The Bertz CT molecular complexity index is 733. The number of carbonyl (C=O) groups excluding carboxylic acids is 2. The number of nitrogens with one attached hydrogen (secondary N) is 1. The zero-order valence-electron chi connectivity index (χ0n) is 12.3. The van der Waals surface area contributed by atoms with Gasteiger partial charge in [0, 0.05) is 5.02 Å². The van der Waals surface area contributed by atoms with Crippen molar-refractivity contribution in [3.63, 3.8) is 0 Å². The number of esters is 1. The predicted molar refractivity (Wildman–Crippen MR) is 82.3 cm³/mol. The van der Waals surface area contributed by atoms with Crippen molar-refractivity contribution >= 4 is 35.1 Å². The van der Waals surface area contributed by atoms with Crippen LogP contribution in [0.3, 0.4) is 0 Å². The van der Waals surface area contributed by atoms with Crippen LogP contribution in [0.2, 0.25) is 10.0 Å². The topological polar surface area (TPSA) is 94.3 Å². The molecule has 0 radical (unpaired) electrons. The number of nitrogens with zero attached hydrogens (tertiary/aromatic N) is 2. The fourth-order valence-electron chi connectivity index (χ4n) is 1.69. The quantitative estimate of drug-likeness (QED) is 0.826. The number of rotatable bonds is 5. The maximum atomic E-state index is 12.0. The van der Waals surface area contributed by atoms with Crippen molar-refractivity contribution in [2.24, 2.45) is 0 Å². The second-order valence-corrected chi connectivity index (χ2v) is 5.46. The van der Waals surface area contributed by atoms with Crippen molar-refractivity contribution in [2.45, 2.75) is 20.0 Å². The number of amides is 1. The van der Waals surface area contributed by atoms with Gasteiger partial charge in [-0.15, -0.1) is 0 Å². The van der Waals surface area contributed by atoms with E-state index in [2.05, 4.69) is 15.5 Å². The van der Waals surface area contributed by atoms with Gasteiger partial charge in [0.15, 0.2) is 11.9 Å². The number of halogens is 2. The molecule has 0 saturated heterocycles. The van der Waals surface area contributed by atoms with Gasteiger partial charge in [-0.25, -0.2) is 0 Å². The highest BCUT2D eigenvalue weighted by Crippen LogP contribution is 2.20. The van der Waals surface area contributed by atoms with Crippen LogP contribution < -0.4 is 5.32 Å². The number of hydrogen-bond donors (Lipinski definition) is 1. The van der Waals surface area contributed by atoms with Crippen molar-refractivity contribution in [2.75, 3.05) is 6.54 Å². The molecule has 2 rings (SSSR count). The molecule has 0 aliphatic carbocycles. The second kappa shape index (κ2) is 7.43. The lowest BCUT2D eigenvalue weighted by atomic mass is 10.2. The lowest BCUT2D eigenvalue weighted by molar-refractivity contribution is -0.148. The first-order valence-corrected chi connectivity index (χ1v) is 7.35. The highest BCUT2D eigenvalue weighted by Gasteiger charge is 2.18. The van der Waals surface area contributed by atoms with E-state index >= 15 is 0 Å². The molecule has 1 N–H and O–H groups in total. The van der Waals surface area contributed by atoms with Crippen LogP contribution in [0.15, 0.2) is 22.7 Å².